The summed E-state index contributed by atoms with van der Waals surface area (Å²) in [6.45, 7) is 0. The van der Waals surface area contributed by atoms with Crippen molar-refractivity contribution in [1.29, 1.82) is 0 Å². The molecule has 12 heavy (non-hydrogen) atoms. The number of hydrogen-bond acceptors (Lipinski definition) is 0. The van der Waals surface area contributed by atoms with Crippen LogP contribution < -0.4 is 0 Å². The molecule has 1 radical (unpaired) electrons. The van der Waals surface area contributed by atoms with Crippen LogP contribution in [-0.4, -0.2) is 29.6 Å². The molecule has 0 saturated carbocycles. The zero-order valence-electron chi connectivity index (χ0n) is 7.13. The van der Waals surface area contributed by atoms with E-state index >= 15 is 0 Å². The standard InChI is InChI=1S/2C5H5.Fe.Na/c2*1-2-4-5-3-1;;/h2*1-5H;;/q2*-1;+2;. The molecule has 0 aliphatic carbocycles. The van der Waals surface area contributed by atoms with Gasteiger partial charge in [0.1, 0.15) is 0 Å². The molecule has 2 aromatic carbocycles. The molecule has 0 unspecified atom stereocenters. The molecule has 0 heterocycles. The summed E-state index contributed by atoms with van der Waals surface area (Å²) < 4.78 is 0. The summed E-state index contributed by atoms with van der Waals surface area (Å²) in [7, 11) is 0. The van der Waals surface area contributed by atoms with Crippen LogP contribution in [0.3, 0.4) is 0 Å². The topological polar surface area (TPSA) is 0 Å². The van der Waals surface area contributed by atoms with Crippen LogP contribution in [0.5, 0.6) is 0 Å². The Morgan fingerprint density at radius 1 is 0.583 bits per heavy atom. The molecule has 0 aliphatic rings. The first kappa shape index (κ1) is 14.7. The average Bonchev–Trinajstić information content (AvgIpc) is 2.67. The van der Waals surface area contributed by atoms with E-state index in [1.54, 1.807) is 0 Å². The minimum Gasteiger partial charge on any atom is -0.214 e. The van der Waals surface area contributed by atoms with Gasteiger partial charge in [-0.1, -0.05) is 0 Å². The van der Waals surface area contributed by atoms with E-state index in [0.29, 0.717) is 0 Å². The summed E-state index contributed by atoms with van der Waals surface area (Å²) in [5.74, 6) is 0. The van der Waals surface area contributed by atoms with E-state index in [-0.39, 0.29) is 46.6 Å². The van der Waals surface area contributed by atoms with Crippen LogP contribution in [-0.2, 0) is 17.1 Å². The third-order valence-corrected chi connectivity index (χ3v) is 1.11. The molecular formula is C10H10FeNa. The predicted octanol–water partition coefficient (Wildman–Crippen LogP) is 2.43. The van der Waals surface area contributed by atoms with E-state index in [9.17, 15) is 0 Å². The van der Waals surface area contributed by atoms with E-state index in [4.69, 9.17) is 0 Å². The molecular weight excluding hydrogens is 199 g/mol. The molecule has 0 bridgehead atoms. The normalized spacial score (nSPS) is 6.67. The summed E-state index contributed by atoms with van der Waals surface area (Å²) in [5, 5.41) is 0. The van der Waals surface area contributed by atoms with Gasteiger partial charge in [-0.15, -0.1) is 0 Å². The van der Waals surface area contributed by atoms with Gasteiger partial charge in [0.2, 0.25) is 0 Å². The Bertz CT molecular complexity index is 149. The van der Waals surface area contributed by atoms with Crippen LogP contribution in [0.15, 0.2) is 60.7 Å². The third-order valence-electron chi connectivity index (χ3n) is 1.11. The van der Waals surface area contributed by atoms with Crippen molar-refractivity contribution in [2.45, 2.75) is 0 Å². The number of rotatable bonds is 0. The Hall–Kier alpha value is 0.219. The molecule has 0 aliphatic heterocycles. The van der Waals surface area contributed by atoms with Crippen molar-refractivity contribution in [2.75, 3.05) is 0 Å². The first-order valence-corrected chi connectivity index (χ1v) is 3.33. The van der Waals surface area contributed by atoms with E-state index < -0.39 is 0 Å². The van der Waals surface area contributed by atoms with Gasteiger partial charge >= 0.3 is 17.1 Å². The van der Waals surface area contributed by atoms with Crippen molar-refractivity contribution in [3.63, 3.8) is 0 Å². The van der Waals surface area contributed by atoms with Crippen molar-refractivity contribution in [1.82, 2.24) is 0 Å². The minimum absolute atomic E-state index is 0. The van der Waals surface area contributed by atoms with E-state index in [1.165, 1.54) is 0 Å². The third kappa shape index (κ3) is 8.32. The van der Waals surface area contributed by atoms with Crippen molar-refractivity contribution in [2.24, 2.45) is 0 Å². The van der Waals surface area contributed by atoms with Crippen LogP contribution in [0.1, 0.15) is 0 Å². The van der Waals surface area contributed by atoms with Crippen LogP contribution in [0.25, 0.3) is 0 Å². The molecule has 0 saturated heterocycles. The Morgan fingerprint density at radius 2 is 0.833 bits per heavy atom. The van der Waals surface area contributed by atoms with Crippen LogP contribution >= 0.6 is 0 Å². The Kier molecular flexibility index (Phi) is 13.8. The molecule has 0 aromatic heterocycles. The molecule has 0 nitrogen and oxygen atoms in total. The molecule has 2 rings (SSSR count). The quantitative estimate of drug-likeness (QED) is 0.461. The summed E-state index contributed by atoms with van der Waals surface area (Å²) in [6, 6.07) is 20.0. The second kappa shape index (κ2) is 11.2. The van der Waals surface area contributed by atoms with Gasteiger partial charge in [-0.3, -0.25) is 0 Å². The van der Waals surface area contributed by atoms with Gasteiger partial charge in [0.15, 0.2) is 0 Å². The zero-order chi connectivity index (χ0) is 7.07. The van der Waals surface area contributed by atoms with Crippen molar-refractivity contribution >= 4 is 29.6 Å². The second-order valence-corrected chi connectivity index (χ2v) is 1.92. The summed E-state index contributed by atoms with van der Waals surface area (Å²) >= 11 is 0. The maximum atomic E-state index is 2.00. The Balaban J connectivity index is 0. The van der Waals surface area contributed by atoms with Gasteiger partial charge in [0, 0.05) is 29.6 Å². The maximum absolute atomic E-state index is 2.00. The van der Waals surface area contributed by atoms with Crippen molar-refractivity contribution < 1.29 is 17.1 Å². The molecule has 2 aromatic rings. The Morgan fingerprint density at radius 3 is 0.917 bits per heavy atom. The fraction of sp³-hybridized carbons (Fsp3) is 0. The van der Waals surface area contributed by atoms with Gasteiger partial charge in [-0.2, -0.15) is 36.4 Å². The van der Waals surface area contributed by atoms with E-state index in [0.717, 1.165) is 0 Å². The van der Waals surface area contributed by atoms with Gasteiger partial charge < -0.3 is 0 Å². The van der Waals surface area contributed by atoms with Crippen LogP contribution in [0.2, 0.25) is 0 Å². The molecule has 2 heteroatoms. The minimum atomic E-state index is 0. The first-order chi connectivity index (χ1) is 5.00. The fourth-order valence-corrected chi connectivity index (χ4v) is 0.642. The smallest absolute Gasteiger partial charge is 0.214 e. The van der Waals surface area contributed by atoms with Crippen molar-refractivity contribution in [3.8, 4) is 0 Å². The summed E-state index contributed by atoms with van der Waals surface area (Å²) in [5.41, 5.74) is 0. The van der Waals surface area contributed by atoms with Gasteiger partial charge in [-0.25, -0.2) is 24.3 Å². The first-order valence-electron chi connectivity index (χ1n) is 3.33. The monoisotopic (exact) mass is 209 g/mol. The van der Waals surface area contributed by atoms with Crippen LogP contribution in [0.4, 0.5) is 0 Å². The predicted molar refractivity (Wildman–Crippen MR) is 49.8 cm³/mol. The summed E-state index contributed by atoms with van der Waals surface area (Å²) in [6.07, 6.45) is 0. The fourth-order valence-electron chi connectivity index (χ4n) is 0.642. The number of hydrogen-bond donors (Lipinski definition) is 0. The largest absolute Gasteiger partial charge is 2.00 e. The molecule has 0 amide bonds. The molecule has 59 valence electrons. The van der Waals surface area contributed by atoms with E-state index in [1.807, 2.05) is 60.7 Å². The SMILES string of the molecule is [Fe+2].[Na].c1cc[cH-]c1.c1cc[cH-]c1. The average molecular weight is 209 g/mol. The summed E-state index contributed by atoms with van der Waals surface area (Å²) in [4.78, 5) is 0. The van der Waals surface area contributed by atoms with Crippen molar-refractivity contribution in [3.05, 3.63) is 60.7 Å². The Labute approximate surface area is 106 Å². The van der Waals surface area contributed by atoms with Gasteiger partial charge in [-0.05, 0) is 0 Å². The molecule has 0 N–H and O–H groups in total. The van der Waals surface area contributed by atoms with Gasteiger partial charge in [0.25, 0.3) is 0 Å². The van der Waals surface area contributed by atoms with E-state index in [2.05, 4.69) is 0 Å². The van der Waals surface area contributed by atoms with Gasteiger partial charge in [0.05, 0.1) is 0 Å². The molecule has 0 fully saturated rings. The zero-order valence-corrected chi connectivity index (χ0v) is 10.2. The second-order valence-electron chi connectivity index (χ2n) is 1.92. The molecule has 0 spiro atoms. The van der Waals surface area contributed by atoms with Crippen LogP contribution in [0, 0.1) is 0 Å². The molecule has 0 atom stereocenters. The maximum Gasteiger partial charge on any atom is 2.00 e.